The van der Waals surface area contributed by atoms with Gasteiger partial charge in [0, 0.05) is 5.56 Å². The van der Waals surface area contributed by atoms with Gasteiger partial charge in [-0.05, 0) is 12.1 Å². The zero-order valence-corrected chi connectivity index (χ0v) is 9.77. The first-order chi connectivity index (χ1) is 8.24. The molecular formula is C11H9ClN2O3. The van der Waals surface area contributed by atoms with Crippen molar-refractivity contribution in [1.29, 1.82) is 0 Å². The third-order valence-corrected chi connectivity index (χ3v) is 2.35. The molecule has 0 N–H and O–H groups in total. The monoisotopic (exact) mass is 252 g/mol. The van der Waals surface area contributed by atoms with Crippen molar-refractivity contribution in [3.05, 3.63) is 35.7 Å². The molecule has 0 aliphatic heterocycles. The summed E-state index contributed by atoms with van der Waals surface area (Å²) in [5.41, 5.74) is 1.11. The van der Waals surface area contributed by atoms with E-state index in [1.54, 1.807) is 24.3 Å². The van der Waals surface area contributed by atoms with Crippen LogP contribution in [0.3, 0.4) is 0 Å². The number of hydrogen-bond donors (Lipinski definition) is 0. The summed E-state index contributed by atoms with van der Waals surface area (Å²) in [6.45, 7) is 0. The second-order valence-electron chi connectivity index (χ2n) is 3.22. The maximum Gasteiger partial charge on any atom is 0.337 e. The molecule has 1 heterocycles. The summed E-state index contributed by atoms with van der Waals surface area (Å²) in [5, 5.41) is 3.76. The zero-order chi connectivity index (χ0) is 12.3. The molecule has 1 aromatic heterocycles. The smallest absolute Gasteiger partial charge is 0.337 e. The number of alkyl halides is 1. The first kappa shape index (κ1) is 11.6. The van der Waals surface area contributed by atoms with Crippen molar-refractivity contribution in [1.82, 2.24) is 10.1 Å². The Labute approximate surface area is 102 Å². The standard InChI is InChI=1S/C11H9ClN2O3/c1-16-11(15)8-4-2-3-7(5-8)10-13-9(6-12)17-14-10/h2-5H,6H2,1H3. The summed E-state index contributed by atoms with van der Waals surface area (Å²) in [6, 6.07) is 6.78. The number of carbonyl (C=O) groups excluding carboxylic acids is 1. The topological polar surface area (TPSA) is 65.2 Å². The van der Waals surface area contributed by atoms with Gasteiger partial charge in [-0.15, -0.1) is 11.6 Å². The minimum Gasteiger partial charge on any atom is -0.465 e. The number of nitrogens with zero attached hydrogens (tertiary/aromatic N) is 2. The van der Waals surface area contributed by atoms with E-state index in [0.29, 0.717) is 22.8 Å². The number of benzene rings is 1. The van der Waals surface area contributed by atoms with E-state index >= 15 is 0 Å². The molecule has 0 amide bonds. The molecule has 0 fully saturated rings. The van der Waals surface area contributed by atoms with Crippen molar-refractivity contribution >= 4 is 17.6 Å². The lowest BCUT2D eigenvalue weighted by atomic mass is 10.1. The lowest BCUT2D eigenvalue weighted by molar-refractivity contribution is 0.0601. The largest absolute Gasteiger partial charge is 0.465 e. The average Bonchev–Trinajstić information content (AvgIpc) is 2.86. The zero-order valence-electron chi connectivity index (χ0n) is 9.01. The van der Waals surface area contributed by atoms with Crippen LogP contribution in [-0.4, -0.2) is 23.2 Å². The second-order valence-corrected chi connectivity index (χ2v) is 3.49. The molecule has 6 heteroatoms. The van der Waals surface area contributed by atoms with Crippen LogP contribution in [0, 0.1) is 0 Å². The van der Waals surface area contributed by atoms with Crippen molar-refractivity contribution in [3.63, 3.8) is 0 Å². The number of halogens is 1. The van der Waals surface area contributed by atoms with Crippen molar-refractivity contribution in [3.8, 4) is 11.4 Å². The molecule has 0 radical (unpaired) electrons. The number of aromatic nitrogens is 2. The van der Waals surface area contributed by atoms with Crippen LogP contribution in [0.25, 0.3) is 11.4 Å². The molecule has 88 valence electrons. The van der Waals surface area contributed by atoms with E-state index in [1.807, 2.05) is 0 Å². The van der Waals surface area contributed by atoms with Crippen LogP contribution >= 0.6 is 11.6 Å². The van der Waals surface area contributed by atoms with Crippen molar-refractivity contribution in [2.24, 2.45) is 0 Å². The predicted octanol–water partition coefficient (Wildman–Crippen LogP) is 2.26. The van der Waals surface area contributed by atoms with Gasteiger partial charge in [0.05, 0.1) is 12.7 Å². The fourth-order valence-electron chi connectivity index (χ4n) is 1.33. The minimum atomic E-state index is -0.409. The minimum absolute atomic E-state index is 0.156. The van der Waals surface area contributed by atoms with E-state index in [0.717, 1.165) is 0 Å². The SMILES string of the molecule is COC(=O)c1cccc(-c2noc(CCl)n2)c1. The van der Waals surface area contributed by atoms with Crippen molar-refractivity contribution in [2.45, 2.75) is 5.88 Å². The van der Waals surface area contributed by atoms with Crippen LogP contribution in [0.2, 0.25) is 0 Å². The highest BCUT2D eigenvalue weighted by Crippen LogP contribution is 2.18. The summed E-state index contributed by atoms with van der Waals surface area (Å²) >= 11 is 5.56. The molecule has 2 rings (SSSR count). The van der Waals surface area contributed by atoms with Crippen LogP contribution < -0.4 is 0 Å². The Kier molecular flexibility index (Phi) is 3.39. The lowest BCUT2D eigenvalue weighted by Gasteiger charge is -2.00. The highest BCUT2D eigenvalue weighted by atomic mass is 35.5. The number of methoxy groups -OCH3 is 1. The molecule has 0 spiro atoms. The number of rotatable bonds is 3. The van der Waals surface area contributed by atoms with E-state index in [4.69, 9.17) is 16.1 Å². The van der Waals surface area contributed by atoms with Gasteiger partial charge in [0.1, 0.15) is 5.88 Å². The first-order valence-electron chi connectivity index (χ1n) is 4.82. The molecule has 0 aliphatic carbocycles. The molecule has 0 aliphatic rings. The Morgan fingerprint density at radius 2 is 2.35 bits per heavy atom. The molecule has 0 atom stereocenters. The normalized spacial score (nSPS) is 10.2. The van der Waals surface area contributed by atoms with Crippen LogP contribution in [0.15, 0.2) is 28.8 Å². The Morgan fingerprint density at radius 3 is 3.00 bits per heavy atom. The molecule has 5 nitrogen and oxygen atoms in total. The Bertz CT molecular complexity index is 539. The van der Waals surface area contributed by atoms with Crippen LogP contribution in [0.5, 0.6) is 0 Å². The van der Waals surface area contributed by atoms with Gasteiger partial charge in [0.15, 0.2) is 0 Å². The second kappa shape index (κ2) is 4.97. The van der Waals surface area contributed by atoms with E-state index in [-0.39, 0.29) is 5.88 Å². The molecular weight excluding hydrogens is 244 g/mol. The van der Waals surface area contributed by atoms with E-state index in [1.165, 1.54) is 7.11 Å². The van der Waals surface area contributed by atoms with Crippen molar-refractivity contribution < 1.29 is 14.1 Å². The maximum absolute atomic E-state index is 11.4. The Morgan fingerprint density at radius 1 is 1.53 bits per heavy atom. The Hall–Kier alpha value is -1.88. The molecule has 1 aromatic carbocycles. The number of ether oxygens (including phenoxy) is 1. The van der Waals surface area contributed by atoms with E-state index in [9.17, 15) is 4.79 Å². The van der Waals surface area contributed by atoms with Gasteiger partial charge in [-0.25, -0.2) is 4.79 Å². The summed E-state index contributed by atoms with van der Waals surface area (Å²) in [5.74, 6) is 0.480. The van der Waals surface area contributed by atoms with Gasteiger partial charge in [0.2, 0.25) is 11.7 Å². The fourth-order valence-corrected chi connectivity index (χ4v) is 1.44. The van der Waals surface area contributed by atoms with Crippen molar-refractivity contribution in [2.75, 3.05) is 7.11 Å². The predicted molar refractivity (Wildman–Crippen MR) is 60.6 cm³/mol. The van der Waals surface area contributed by atoms with Crippen LogP contribution in [-0.2, 0) is 10.6 Å². The third kappa shape index (κ3) is 2.45. The average molecular weight is 253 g/mol. The highest BCUT2D eigenvalue weighted by molar-refractivity contribution is 6.16. The Balaban J connectivity index is 2.35. The van der Waals surface area contributed by atoms with Gasteiger partial charge in [-0.2, -0.15) is 4.98 Å². The van der Waals surface area contributed by atoms with Gasteiger partial charge in [-0.1, -0.05) is 17.3 Å². The quantitative estimate of drug-likeness (QED) is 0.619. The molecule has 17 heavy (non-hydrogen) atoms. The van der Waals surface area contributed by atoms with E-state index in [2.05, 4.69) is 14.9 Å². The summed E-state index contributed by atoms with van der Waals surface area (Å²) in [4.78, 5) is 15.4. The summed E-state index contributed by atoms with van der Waals surface area (Å²) < 4.78 is 9.51. The van der Waals surface area contributed by atoms with Gasteiger partial charge in [0.25, 0.3) is 0 Å². The molecule has 0 unspecified atom stereocenters. The lowest BCUT2D eigenvalue weighted by Crippen LogP contribution is -2.00. The number of hydrogen-bond acceptors (Lipinski definition) is 5. The van der Waals surface area contributed by atoms with E-state index < -0.39 is 5.97 Å². The molecule has 0 bridgehead atoms. The summed E-state index contributed by atoms with van der Waals surface area (Å²) in [6.07, 6.45) is 0. The highest BCUT2D eigenvalue weighted by Gasteiger charge is 2.11. The maximum atomic E-state index is 11.4. The third-order valence-electron chi connectivity index (χ3n) is 2.12. The number of carbonyl (C=O) groups is 1. The molecule has 2 aromatic rings. The number of esters is 1. The van der Waals surface area contributed by atoms with Crippen LogP contribution in [0.4, 0.5) is 0 Å². The molecule has 0 saturated carbocycles. The fraction of sp³-hybridized carbons (Fsp3) is 0.182. The van der Waals surface area contributed by atoms with Gasteiger partial charge < -0.3 is 9.26 Å². The molecule has 0 saturated heterocycles. The summed E-state index contributed by atoms with van der Waals surface area (Å²) in [7, 11) is 1.33. The van der Waals surface area contributed by atoms with Gasteiger partial charge >= 0.3 is 5.97 Å². The van der Waals surface area contributed by atoms with Crippen LogP contribution in [0.1, 0.15) is 16.2 Å². The van der Waals surface area contributed by atoms with Gasteiger partial charge in [-0.3, -0.25) is 0 Å². The first-order valence-corrected chi connectivity index (χ1v) is 5.35.